The van der Waals surface area contributed by atoms with Gasteiger partial charge < -0.3 is 15.7 Å². The second kappa shape index (κ2) is 6.42. The molecule has 0 spiro atoms. The topological polar surface area (TPSA) is 103 Å². The number of anilines is 1. The fraction of sp³-hybridized carbons (Fsp3) is 0.273. The van der Waals surface area contributed by atoms with Gasteiger partial charge in [0, 0.05) is 0 Å². The summed E-state index contributed by atoms with van der Waals surface area (Å²) in [7, 11) is 0. The number of halogens is 2. The fourth-order valence-electron chi connectivity index (χ4n) is 1.64. The summed E-state index contributed by atoms with van der Waals surface area (Å²) in [6.45, 7) is 1.65. The number of rotatable bonds is 4. The Balaban J connectivity index is 2.21. The van der Waals surface area contributed by atoms with Gasteiger partial charge in [-0.05, 0) is 12.5 Å². The van der Waals surface area contributed by atoms with E-state index in [0.717, 1.165) is 11.4 Å². The largest absolute Gasteiger partial charge is 0.480 e. The molecule has 0 saturated heterocycles. The van der Waals surface area contributed by atoms with Gasteiger partial charge in [0.2, 0.25) is 0 Å². The third-order valence-electron chi connectivity index (χ3n) is 2.69. The molecule has 2 rings (SSSR count). The Morgan fingerprint density at radius 1 is 1.33 bits per heavy atom. The minimum Gasteiger partial charge on any atom is -0.480 e. The van der Waals surface area contributed by atoms with Crippen LogP contribution in [0.5, 0.6) is 0 Å². The number of amides is 2. The number of nitrogens with one attached hydrogen (secondary N) is 2. The fourth-order valence-corrected chi connectivity index (χ4v) is 2.80. The van der Waals surface area contributed by atoms with Crippen LogP contribution in [0.25, 0.3) is 0 Å². The van der Waals surface area contributed by atoms with Crippen LogP contribution in [0.15, 0.2) is 14.8 Å². The number of aliphatic carboxylic acids is 1. The Morgan fingerprint density at radius 2 is 2.00 bits per heavy atom. The van der Waals surface area contributed by atoms with E-state index in [1.54, 1.807) is 6.92 Å². The lowest BCUT2D eigenvalue weighted by Crippen LogP contribution is -2.42. The molecular formula is C11H10Cl2N4O3S. The zero-order valence-electron chi connectivity index (χ0n) is 10.7. The van der Waals surface area contributed by atoms with Gasteiger partial charge in [0.05, 0.1) is 27.1 Å². The molecule has 0 aromatic heterocycles. The summed E-state index contributed by atoms with van der Waals surface area (Å²) in [6.07, 6.45) is 0.255. The lowest BCUT2D eigenvalue weighted by Gasteiger charge is -2.15. The number of carbonyl (C=O) groups is 2. The van der Waals surface area contributed by atoms with E-state index in [2.05, 4.69) is 19.4 Å². The maximum atomic E-state index is 11.9. The third kappa shape index (κ3) is 3.34. The predicted octanol–water partition coefficient (Wildman–Crippen LogP) is 3.70. The summed E-state index contributed by atoms with van der Waals surface area (Å²) in [6, 6.07) is -0.236. The molecule has 1 aromatic carbocycles. The van der Waals surface area contributed by atoms with Crippen molar-refractivity contribution in [2.24, 2.45) is 8.73 Å². The highest BCUT2D eigenvalue weighted by Gasteiger charge is 2.22. The summed E-state index contributed by atoms with van der Waals surface area (Å²) < 4.78 is 8.04. The number of carboxylic acid groups (broad SMARTS) is 1. The molecule has 1 aliphatic heterocycles. The quantitative estimate of drug-likeness (QED) is 0.784. The first-order chi connectivity index (χ1) is 9.93. The first-order valence-corrected chi connectivity index (χ1v) is 7.33. The van der Waals surface area contributed by atoms with Gasteiger partial charge in [-0.1, -0.05) is 30.1 Å². The van der Waals surface area contributed by atoms with Gasteiger partial charge in [0.1, 0.15) is 17.4 Å². The zero-order valence-corrected chi connectivity index (χ0v) is 13.0. The Kier molecular flexibility index (Phi) is 4.81. The summed E-state index contributed by atoms with van der Waals surface area (Å²) in [4.78, 5) is 22.8. The van der Waals surface area contributed by atoms with Crippen LogP contribution in [0.1, 0.15) is 13.3 Å². The zero-order chi connectivity index (χ0) is 15.6. The van der Waals surface area contributed by atoms with E-state index in [1.165, 1.54) is 6.07 Å². The highest BCUT2D eigenvalue weighted by molar-refractivity contribution is 7.58. The summed E-state index contributed by atoms with van der Waals surface area (Å²) in [5.74, 6) is -1.12. The van der Waals surface area contributed by atoms with E-state index in [1.807, 2.05) is 0 Å². The number of carbonyl (C=O) groups excluding carboxylic acids is 1. The Bertz CT molecular complexity index is 689. The monoisotopic (exact) mass is 348 g/mol. The molecule has 0 saturated carbocycles. The van der Waals surface area contributed by atoms with Crippen LogP contribution in [0.3, 0.4) is 0 Å². The van der Waals surface area contributed by atoms with Crippen LogP contribution in [0.4, 0.5) is 21.9 Å². The molecule has 3 N–H and O–H groups in total. The van der Waals surface area contributed by atoms with Crippen LogP contribution in [0, 0.1) is 0 Å². The van der Waals surface area contributed by atoms with Crippen molar-refractivity contribution in [3.8, 4) is 0 Å². The number of nitrogens with zero attached hydrogens (tertiary/aromatic N) is 2. The van der Waals surface area contributed by atoms with Gasteiger partial charge in [-0.3, -0.25) is 0 Å². The summed E-state index contributed by atoms with van der Waals surface area (Å²) in [5.41, 5.74) is 1.02. The predicted molar refractivity (Wildman–Crippen MR) is 81.9 cm³/mol. The van der Waals surface area contributed by atoms with Crippen molar-refractivity contribution in [1.82, 2.24) is 5.32 Å². The van der Waals surface area contributed by atoms with E-state index in [-0.39, 0.29) is 17.1 Å². The Morgan fingerprint density at radius 3 is 2.62 bits per heavy atom. The molecular weight excluding hydrogens is 339 g/mol. The average molecular weight is 349 g/mol. The highest BCUT2D eigenvalue weighted by atomic mass is 35.5. The molecule has 10 heteroatoms. The number of carboxylic acids is 1. The van der Waals surface area contributed by atoms with Crippen LogP contribution in [-0.2, 0) is 16.1 Å². The summed E-state index contributed by atoms with van der Waals surface area (Å²) in [5, 5.41) is 14.2. The van der Waals surface area contributed by atoms with Gasteiger partial charge in [-0.15, -0.1) is 0 Å². The molecule has 1 heterocycles. The minimum absolute atomic E-state index is 0.193. The molecule has 0 radical (unpaired) electrons. The molecule has 0 bridgehead atoms. The van der Waals surface area contributed by atoms with Crippen molar-refractivity contribution in [3.63, 3.8) is 0 Å². The Labute approximate surface area is 133 Å². The minimum atomic E-state index is -1.12. The van der Waals surface area contributed by atoms with Crippen molar-refractivity contribution in [2.45, 2.75) is 19.4 Å². The molecule has 112 valence electrons. The number of fused-ring (bicyclic) bond motifs is 1. The number of hydrogen-bond donors (Lipinski definition) is 3. The van der Waals surface area contributed by atoms with Gasteiger partial charge in [0.15, 0.2) is 0 Å². The molecule has 0 unspecified atom stereocenters. The molecule has 1 aromatic rings. The lowest BCUT2D eigenvalue weighted by molar-refractivity contribution is -0.139. The van der Waals surface area contributed by atoms with E-state index in [0.29, 0.717) is 16.4 Å². The second-order valence-corrected chi connectivity index (χ2v) is 5.42. The normalized spacial score (nSPS) is 13.3. The first kappa shape index (κ1) is 15.7. The van der Waals surface area contributed by atoms with Crippen molar-refractivity contribution >= 4 is 63.6 Å². The number of benzene rings is 1. The van der Waals surface area contributed by atoms with Crippen LogP contribution in [-0.4, -0.2) is 23.1 Å². The van der Waals surface area contributed by atoms with Crippen molar-refractivity contribution in [1.29, 1.82) is 0 Å². The molecule has 0 fully saturated rings. The standard InChI is InChI=1S/C11H10Cl2N4O3S/c1-2-6(10(18)19)14-11(20)15-7-4(12)3-5(13)8-9(7)17-21-16-8/h3,6H,2H2,1H3,(H,18,19)(H2,14,15,20)/t6-/m0/s1. The van der Waals surface area contributed by atoms with E-state index < -0.39 is 18.0 Å². The smallest absolute Gasteiger partial charge is 0.326 e. The maximum absolute atomic E-state index is 11.9. The van der Waals surface area contributed by atoms with E-state index >= 15 is 0 Å². The van der Waals surface area contributed by atoms with E-state index in [4.69, 9.17) is 28.3 Å². The van der Waals surface area contributed by atoms with Crippen LogP contribution in [0.2, 0.25) is 10.0 Å². The lowest BCUT2D eigenvalue weighted by atomic mass is 10.2. The second-order valence-electron chi connectivity index (χ2n) is 4.07. The SMILES string of the molecule is CC[C@H](NC(=O)Nc1c(Cl)cc(Cl)c2c1N=S=N2)C(=O)O. The van der Waals surface area contributed by atoms with Gasteiger partial charge in [0.25, 0.3) is 0 Å². The number of hydrogen-bond acceptors (Lipinski definition) is 4. The highest BCUT2D eigenvalue weighted by Crippen LogP contribution is 2.47. The average Bonchev–Trinajstić information content (AvgIpc) is 2.90. The van der Waals surface area contributed by atoms with Crippen molar-refractivity contribution < 1.29 is 14.7 Å². The summed E-state index contributed by atoms with van der Waals surface area (Å²) >= 11 is 12.9. The third-order valence-corrected chi connectivity index (χ3v) is 3.81. The van der Waals surface area contributed by atoms with Gasteiger partial charge >= 0.3 is 12.0 Å². The Hall–Kier alpha value is -1.64. The maximum Gasteiger partial charge on any atom is 0.326 e. The molecule has 0 aliphatic carbocycles. The molecule has 7 nitrogen and oxygen atoms in total. The molecule has 21 heavy (non-hydrogen) atoms. The number of urea groups is 1. The first-order valence-electron chi connectivity index (χ1n) is 5.84. The molecule has 2 amide bonds. The molecule has 1 atom stereocenters. The van der Waals surface area contributed by atoms with Gasteiger partial charge in [-0.25, -0.2) is 9.59 Å². The van der Waals surface area contributed by atoms with E-state index in [9.17, 15) is 9.59 Å². The van der Waals surface area contributed by atoms with Crippen LogP contribution >= 0.6 is 23.2 Å². The van der Waals surface area contributed by atoms with Crippen molar-refractivity contribution in [3.05, 3.63) is 16.1 Å². The molecule has 1 aliphatic rings. The van der Waals surface area contributed by atoms with Crippen LogP contribution < -0.4 is 10.6 Å². The van der Waals surface area contributed by atoms with Gasteiger partial charge in [-0.2, -0.15) is 8.73 Å². The van der Waals surface area contributed by atoms with Crippen molar-refractivity contribution in [2.75, 3.05) is 5.32 Å².